The van der Waals surface area contributed by atoms with Crippen molar-refractivity contribution in [1.82, 2.24) is 15.1 Å². The Balaban J connectivity index is 1.72. The van der Waals surface area contributed by atoms with E-state index in [1.807, 2.05) is 29.3 Å². The molecule has 0 bridgehead atoms. The van der Waals surface area contributed by atoms with Crippen LogP contribution in [0.5, 0.6) is 0 Å². The number of carbonyl (C=O) groups is 1. The zero-order valence-corrected chi connectivity index (χ0v) is 11.7. The van der Waals surface area contributed by atoms with Crippen molar-refractivity contribution in [2.24, 2.45) is 0 Å². The normalized spacial score (nSPS) is 14.6. The highest BCUT2D eigenvalue weighted by molar-refractivity contribution is 7.09. The molecule has 0 radical (unpaired) electrons. The van der Waals surface area contributed by atoms with E-state index in [2.05, 4.69) is 16.3 Å². The maximum Gasteiger partial charge on any atom is 0.274 e. The van der Waals surface area contributed by atoms with Crippen molar-refractivity contribution in [1.29, 1.82) is 0 Å². The van der Waals surface area contributed by atoms with Gasteiger partial charge < -0.3 is 4.90 Å². The summed E-state index contributed by atoms with van der Waals surface area (Å²) in [4.78, 5) is 15.4. The second-order valence-electron chi connectivity index (χ2n) is 4.88. The van der Waals surface area contributed by atoms with Crippen molar-refractivity contribution in [3.63, 3.8) is 0 Å². The number of amides is 1. The molecule has 1 aliphatic rings. The molecule has 0 spiro atoms. The van der Waals surface area contributed by atoms with E-state index in [1.54, 1.807) is 11.3 Å². The van der Waals surface area contributed by atoms with Gasteiger partial charge >= 0.3 is 0 Å². The first-order valence-corrected chi connectivity index (χ1v) is 7.53. The van der Waals surface area contributed by atoms with E-state index in [0.717, 1.165) is 5.69 Å². The highest BCUT2D eigenvalue weighted by Gasteiger charge is 2.27. The second-order valence-corrected chi connectivity index (χ2v) is 5.91. The summed E-state index contributed by atoms with van der Waals surface area (Å²) >= 11 is 1.68. The molecule has 3 rings (SSSR count). The fourth-order valence-electron chi connectivity index (χ4n) is 2.13. The van der Waals surface area contributed by atoms with Crippen molar-refractivity contribution in [3.05, 3.63) is 39.8 Å². The molecule has 1 saturated carbocycles. The Morgan fingerprint density at radius 3 is 3.05 bits per heavy atom. The number of hydrogen-bond donors (Lipinski definition) is 1. The third-order valence-electron chi connectivity index (χ3n) is 3.43. The molecule has 4 nitrogen and oxygen atoms in total. The average molecular weight is 275 g/mol. The topological polar surface area (TPSA) is 49.0 Å². The van der Waals surface area contributed by atoms with Crippen LogP contribution in [-0.4, -0.2) is 27.5 Å². The molecule has 0 unspecified atom stereocenters. The second kappa shape index (κ2) is 5.17. The van der Waals surface area contributed by atoms with Crippen molar-refractivity contribution < 1.29 is 4.79 Å². The number of H-pyrrole nitrogens is 1. The summed E-state index contributed by atoms with van der Waals surface area (Å²) < 4.78 is 0. The van der Waals surface area contributed by atoms with E-state index in [1.165, 1.54) is 17.7 Å². The minimum absolute atomic E-state index is 0.0130. The maximum atomic E-state index is 12.4. The Kier molecular flexibility index (Phi) is 3.38. The molecule has 2 heterocycles. The highest BCUT2D eigenvalue weighted by atomic mass is 32.1. The van der Waals surface area contributed by atoms with Crippen LogP contribution in [0, 0.1) is 0 Å². The lowest BCUT2D eigenvalue weighted by Gasteiger charge is -2.18. The van der Waals surface area contributed by atoms with Crippen LogP contribution >= 0.6 is 11.3 Å². The van der Waals surface area contributed by atoms with Gasteiger partial charge in [0.05, 0.1) is 6.54 Å². The van der Waals surface area contributed by atoms with Crippen LogP contribution in [0.25, 0.3) is 0 Å². The first-order chi connectivity index (χ1) is 9.28. The lowest BCUT2D eigenvalue weighted by atomic mass is 10.2. The van der Waals surface area contributed by atoms with Gasteiger partial charge in [-0.05, 0) is 37.3 Å². The molecule has 2 aromatic heterocycles. The molecule has 0 aromatic carbocycles. The SMILES string of the molecule is CCN(Cc1cccs1)C(=O)c1cc(C2CC2)[nH]n1. The Bertz CT molecular complexity index is 557. The summed E-state index contributed by atoms with van der Waals surface area (Å²) in [6, 6.07) is 5.98. The van der Waals surface area contributed by atoms with Gasteiger partial charge in [0.15, 0.2) is 0 Å². The molecule has 1 aliphatic carbocycles. The molecular weight excluding hydrogens is 258 g/mol. The van der Waals surface area contributed by atoms with Gasteiger partial charge in [0.25, 0.3) is 5.91 Å². The van der Waals surface area contributed by atoms with Gasteiger partial charge in [-0.15, -0.1) is 11.3 Å². The van der Waals surface area contributed by atoms with E-state index in [9.17, 15) is 4.79 Å². The third kappa shape index (κ3) is 2.71. The van der Waals surface area contributed by atoms with E-state index in [4.69, 9.17) is 0 Å². The lowest BCUT2D eigenvalue weighted by molar-refractivity contribution is 0.0748. The van der Waals surface area contributed by atoms with Crippen molar-refractivity contribution in [2.75, 3.05) is 6.54 Å². The minimum atomic E-state index is 0.0130. The monoisotopic (exact) mass is 275 g/mol. The van der Waals surface area contributed by atoms with Crippen molar-refractivity contribution >= 4 is 17.2 Å². The molecule has 1 amide bonds. The largest absolute Gasteiger partial charge is 0.332 e. The number of hydrogen-bond acceptors (Lipinski definition) is 3. The summed E-state index contributed by atoms with van der Waals surface area (Å²) in [5.74, 6) is 0.612. The lowest BCUT2D eigenvalue weighted by Crippen LogP contribution is -2.30. The van der Waals surface area contributed by atoms with Crippen molar-refractivity contribution in [3.8, 4) is 0 Å². The summed E-state index contributed by atoms with van der Waals surface area (Å²) in [7, 11) is 0. The molecule has 1 fully saturated rings. The van der Waals surface area contributed by atoms with Crippen LogP contribution < -0.4 is 0 Å². The molecule has 0 saturated heterocycles. The van der Waals surface area contributed by atoms with E-state index < -0.39 is 0 Å². The molecule has 0 aliphatic heterocycles. The average Bonchev–Trinajstić information content (AvgIpc) is 2.95. The number of aromatic amines is 1. The van der Waals surface area contributed by atoms with Crippen LogP contribution in [0.4, 0.5) is 0 Å². The summed E-state index contributed by atoms with van der Waals surface area (Å²) in [6.45, 7) is 3.36. The maximum absolute atomic E-state index is 12.4. The Hall–Kier alpha value is -1.62. The third-order valence-corrected chi connectivity index (χ3v) is 4.29. The molecule has 19 heavy (non-hydrogen) atoms. The van der Waals surface area contributed by atoms with Crippen LogP contribution in [0.2, 0.25) is 0 Å². The Morgan fingerprint density at radius 1 is 1.58 bits per heavy atom. The van der Waals surface area contributed by atoms with Gasteiger partial charge in [-0.2, -0.15) is 5.10 Å². The smallest absolute Gasteiger partial charge is 0.274 e. The standard InChI is InChI=1S/C14H17N3OS/c1-2-17(9-11-4-3-7-19-11)14(18)13-8-12(15-16-13)10-5-6-10/h3-4,7-8,10H,2,5-6,9H2,1H3,(H,15,16). The van der Waals surface area contributed by atoms with Gasteiger partial charge in [-0.25, -0.2) is 0 Å². The van der Waals surface area contributed by atoms with E-state index >= 15 is 0 Å². The number of nitrogens with zero attached hydrogens (tertiary/aromatic N) is 2. The zero-order valence-electron chi connectivity index (χ0n) is 10.9. The summed E-state index contributed by atoms with van der Waals surface area (Å²) in [5, 5.41) is 9.19. The fourth-order valence-corrected chi connectivity index (χ4v) is 2.85. The fraction of sp³-hybridized carbons (Fsp3) is 0.429. The number of carbonyl (C=O) groups excluding carboxylic acids is 1. The molecule has 0 atom stereocenters. The first kappa shape index (κ1) is 12.4. The number of nitrogens with one attached hydrogen (secondary N) is 1. The van der Waals surface area contributed by atoms with Gasteiger partial charge in [0.1, 0.15) is 5.69 Å². The van der Waals surface area contributed by atoms with E-state index in [-0.39, 0.29) is 5.91 Å². The quantitative estimate of drug-likeness (QED) is 0.912. The molecule has 2 aromatic rings. The van der Waals surface area contributed by atoms with Crippen LogP contribution in [-0.2, 0) is 6.54 Å². The molecule has 100 valence electrons. The number of thiophene rings is 1. The molecule has 1 N–H and O–H groups in total. The van der Waals surface area contributed by atoms with Gasteiger partial charge in [-0.1, -0.05) is 6.07 Å². The molecule has 5 heteroatoms. The van der Waals surface area contributed by atoms with Crippen molar-refractivity contribution in [2.45, 2.75) is 32.2 Å². The van der Waals surface area contributed by atoms with E-state index in [0.29, 0.717) is 24.7 Å². The number of aromatic nitrogens is 2. The van der Waals surface area contributed by atoms with Crippen LogP contribution in [0.3, 0.4) is 0 Å². The van der Waals surface area contributed by atoms with Crippen LogP contribution in [0.1, 0.15) is 46.7 Å². The van der Waals surface area contributed by atoms with Gasteiger partial charge in [0.2, 0.25) is 0 Å². The van der Waals surface area contributed by atoms with Gasteiger partial charge in [-0.3, -0.25) is 9.89 Å². The van der Waals surface area contributed by atoms with Gasteiger partial charge in [0, 0.05) is 23.0 Å². The predicted molar refractivity (Wildman–Crippen MR) is 75.3 cm³/mol. The predicted octanol–water partition coefficient (Wildman–Crippen LogP) is 3.01. The first-order valence-electron chi connectivity index (χ1n) is 6.65. The summed E-state index contributed by atoms with van der Waals surface area (Å²) in [6.07, 6.45) is 2.42. The zero-order chi connectivity index (χ0) is 13.2. The molecular formula is C14H17N3OS. The minimum Gasteiger partial charge on any atom is -0.332 e. The highest BCUT2D eigenvalue weighted by Crippen LogP contribution is 2.39. The Morgan fingerprint density at radius 2 is 2.42 bits per heavy atom. The number of rotatable bonds is 5. The summed E-state index contributed by atoms with van der Waals surface area (Å²) in [5.41, 5.74) is 1.65. The van der Waals surface area contributed by atoms with Crippen LogP contribution in [0.15, 0.2) is 23.6 Å². The Labute approximate surface area is 116 Å².